The molecule has 4 rings (SSSR count). The van der Waals surface area contributed by atoms with E-state index in [1.165, 1.54) is 29.8 Å². The van der Waals surface area contributed by atoms with E-state index in [-0.39, 0.29) is 5.91 Å². The number of carbonyl (C=O) groups excluding carboxylic acids is 1. The van der Waals surface area contributed by atoms with Crippen molar-refractivity contribution in [3.8, 4) is 5.19 Å². The number of amides is 1. The van der Waals surface area contributed by atoms with Gasteiger partial charge in [0.1, 0.15) is 11.8 Å². The molecule has 2 aromatic heterocycles. The van der Waals surface area contributed by atoms with Crippen LogP contribution >= 0.6 is 11.3 Å². The van der Waals surface area contributed by atoms with Gasteiger partial charge in [-0.15, -0.1) is 0 Å². The Morgan fingerprint density at radius 1 is 1.33 bits per heavy atom. The molecule has 1 saturated carbocycles. The molecule has 1 amide bonds. The van der Waals surface area contributed by atoms with Crippen LogP contribution in [0.3, 0.4) is 0 Å². The number of hydrogen-bond acceptors (Lipinski definition) is 4. The standard InChI is InChI=1S/C17H25N3O2SSi/c1-24(2)8-3-4-11(7-9-24)18-16(21)13-10-14-15(19-13)20-17(23-14)22-12-5-6-12/h10-12,19H,3-9H2,1-2H3,(H,18,21). The van der Waals surface area contributed by atoms with Gasteiger partial charge in [0, 0.05) is 14.1 Å². The van der Waals surface area contributed by atoms with Crippen LogP contribution in [-0.2, 0) is 0 Å². The maximum Gasteiger partial charge on any atom is 0.276 e. The van der Waals surface area contributed by atoms with Crippen molar-refractivity contribution in [2.24, 2.45) is 0 Å². The molecule has 7 heteroatoms. The van der Waals surface area contributed by atoms with E-state index in [1.54, 1.807) is 0 Å². The number of hydrogen-bond donors (Lipinski definition) is 2. The molecular formula is C17H25N3O2SSi. The molecule has 1 aliphatic heterocycles. The lowest BCUT2D eigenvalue weighted by Gasteiger charge is -2.19. The van der Waals surface area contributed by atoms with E-state index >= 15 is 0 Å². The van der Waals surface area contributed by atoms with E-state index in [0.717, 1.165) is 36.0 Å². The number of ether oxygens (including phenoxy) is 1. The first-order chi connectivity index (χ1) is 11.5. The van der Waals surface area contributed by atoms with Crippen molar-refractivity contribution in [3.63, 3.8) is 0 Å². The van der Waals surface area contributed by atoms with Gasteiger partial charge in [0.2, 0.25) is 0 Å². The van der Waals surface area contributed by atoms with E-state index < -0.39 is 8.07 Å². The van der Waals surface area contributed by atoms with Crippen LogP contribution in [0.15, 0.2) is 6.07 Å². The number of thiazole rings is 1. The first kappa shape index (κ1) is 16.1. The Morgan fingerprint density at radius 3 is 2.92 bits per heavy atom. The maximum absolute atomic E-state index is 12.5. The van der Waals surface area contributed by atoms with Gasteiger partial charge in [0.25, 0.3) is 11.1 Å². The quantitative estimate of drug-likeness (QED) is 0.802. The molecule has 1 saturated heterocycles. The monoisotopic (exact) mass is 363 g/mol. The molecule has 0 aromatic carbocycles. The van der Waals surface area contributed by atoms with Crippen molar-refractivity contribution in [1.82, 2.24) is 15.3 Å². The highest BCUT2D eigenvalue weighted by molar-refractivity contribution is 7.20. The van der Waals surface area contributed by atoms with Gasteiger partial charge in [-0.1, -0.05) is 42.9 Å². The van der Waals surface area contributed by atoms with Gasteiger partial charge in [-0.05, 0) is 31.7 Å². The Labute approximate surface area is 147 Å². The van der Waals surface area contributed by atoms with Gasteiger partial charge in [0.15, 0.2) is 5.65 Å². The third kappa shape index (κ3) is 3.67. The summed E-state index contributed by atoms with van der Waals surface area (Å²) in [6.07, 6.45) is 6.08. The molecule has 3 heterocycles. The van der Waals surface area contributed by atoms with Crippen molar-refractivity contribution in [2.75, 3.05) is 0 Å². The average molecular weight is 364 g/mol. The lowest BCUT2D eigenvalue weighted by molar-refractivity contribution is 0.0930. The van der Waals surface area contributed by atoms with E-state index in [2.05, 4.69) is 28.4 Å². The molecule has 1 atom stereocenters. The van der Waals surface area contributed by atoms with E-state index in [0.29, 0.717) is 23.0 Å². The molecule has 5 nitrogen and oxygen atoms in total. The van der Waals surface area contributed by atoms with Crippen molar-refractivity contribution in [3.05, 3.63) is 11.8 Å². The lowest BCUT2D eigenvalue weighted by Crippen LogP contribution is -2.35. The predicted molar refractivity (Wildman–Crippen MR) is 99.8 cm³/mol. The Bertz CT molecular complexity index is 719. The van der Waals surface area contributed by atoms with Gasteiger partial charge >= 0.3 is 0 Å². The van der Waals surface area contributed by atoms with Crippen LogP contribution in [0.5, 0.6) is 5.19 Å². The second-order valence-electron chi connectivity index (χ2n) is 7.96. The Morgan fingerprint density at radius 2 is 2.17 bits per heavy atom. The van der Waals surface area contributed by atoms with Crippen molar-refractivity contribution in [1.29, 1.82) is 0 Å². The van der Waals surface area contributed by atoms with E-state index in [4.69, 9.17) is 4.74 Å². The zero-order chi connectivity index (χ0) is 16.7. The smallest absolute Gasteiger partial charge is 0.276 e. The Balaban J connectivity index is 1.40. The summed E-state index contributed by atoms with van der Waals surface area (Å²) in [7, 11) is -1.02. The molecule has 0 radical (unpaired) electrons. The number of H-pyrrole nitrogens is 1. The van der Waals surface area contributed by atoms with Gasteiger partial charge < -0.3 is 15.0 Å². The molecule has 2 aliphatic rings. The van der Waals surface area contributed by atoms with Crippen LogP contribution in [0, 0.1) is 0 Å². The molecular weight excluding hydrogens is 338 g/mol. The summed E-state index contributed by atoms with van der Waals surface area (Å²) < 4.78 is 6.71. The summed E-state index contributed by atoms with van der Waals surface area (Å²) in [6.45, 7) is 4.92. The molecule has 2 fully saturated rings. The highest BCUT2D eigenvalue weighted by Crippen LogP contribution is 2.33. The maximum atomic E-state index is 12.5. The second-order valence-corrected chi connectivity index (χ2v) is 14.3. The largest absolute Gasteiger partial charge is 0.467 e. The minimum Gasteiger partial charge on any atom is -0.467 e. The fourth-order valence-electron chi connectivity index (χ4n) is 3.36. The molecule has 1 aliphatic carbocycles. The minimum atomic E-state index is -1.02. The molecule has 24 heavy (non-hydrogen) atoms. The molecule has 2 N–H and O–H groups in total. The normalized spacial score (nSPS) is 23.8. The number of nitrogens with zero attached hydrogens (tertiary/aromatic N) is 1. The van der Waals surface area contributed by atoms with Crippen LogP contribution < -0.4 is 10.1 Å². The minimum absolute atomic E-state index is 0.00349. The van der Waals surface area contributed by atoms with Crippen LogP contribution in [0.1, 0.15) is 42.6 Å². The average Bonchev–Trinajstić information content (AvgIpc) is 3.15. The number of aromatic nitrogens is 2. The predicted octanol–water partition coefficient (Wildman–Crippen LogP) is 4.16. The van der Waals surface area contributed by atoms with Crippen molar-refractivity contribution >= 4 is 35.7 Å². The van der Waals surface area contributed by atoms with Crippen LogP contribution in [0.25, 0.3) is 10.3 Å². The lowest BCUT2D eigenvalue weighted by atomic mass is 10.1. The van der Waals surface area contributed by atoms with Gasteiger partial charge in [-0.2, -0.15) is 4.98 Å². The number of fused-ring (bicyclic) bond motifs is 1. The zero-order valence-corrected chi connectivity index (χ0v) is 16.2. The number of nitrogens with one attached hydrogen (secondary N) is 2. The highest BCUT2D eigenvalue weighted by atomic mass is 32.1. The first-order valence-electron chi connectivity index (χ1n) is 8.96. The number of carbonyl (C=O) groups is 1. The summed E-state index contributed by atoms with van der Waals surface area (Å²) >= 11 is 1.51. The van der Waals surface area contributed by atoms with Crippen LogP contribution in [0.2, 0.25) is 25.2 Å². The van der Waals surface area contributed by atoms with Gasteiger partial charge in [-0.25, -0.2) is 0 Å². The summed E-state index contributed by atoms with van der Waals surface area (Å²) in [6, 6.07) is 4.90. The SMILES string of the molecule is C[Si]1(C)CCCC(NC(=O)c2cc3sc(OC4CC4)nc3[nH]2)CC1. The third-order valence-electron chi connectivity index (χ3n) is 5.11. The second kappa shape index (κ2) is 6.18. The van der Waals surface area contributed by atoms with Crippen molar-refractivity contribution < 1.29 is 9.53 Å². The third-order valence-corrected chi connectivity index (χ3v) is 9.35. The van der Waals surface area contributed by atoms with Crippen molar-refractivity contribution in [2.45, 2.75) is 69.4 Å². The van der Waals surface area contributed by atoms with Crippen LogP contribution in [-0.4, -0.2) is 36.1 Å². The van der Waals surface area contributed by atoms with E-state index in [9.17, 15) is 4.79 Å². The Kier molecular flexibility index (Phi) is 4.16. The topological polar surface area (TPSA) is 67.0 Å². The molecule has 130 valence electrons. The molecule has 2 aromatic rings. The zero-order valence-electron chi connectivity index (χ0n) is 14.4. The number of aromatic amines is 1. The molecule has 0 spiro atoms. The summed E-state index contributed by atoms with van der Waals surface area (Å²) in [5, 5.41) is 3.93. The summed E-state index contributed by atoms with van der Waals surface area (Å²) in [5.41, 5.74) is 1.37. The highest BCUT2D eigenvalue weighted by Gasteiger charge is 2.28. The van der Waals surface area contributed by atoms with Gasteiger partial charge in [0.05, 0.1) is 4.70 Å². The first-order valence-corrected chi connectivity index (χ1v) is 13.2. The summed E-state index contributed by atoms with van der Waals surface area (Å²) in [5.74, 6) is -0.00349. The molecule has 0 bridgehead atoms. The van der Waals surface area contributed by atoms with E-state index in [1.807, 2.05) is 6.07 Å². The molecule has 1 unspecified atom stereocenters. The fourth-order valence-corrected chi connectivity index (χ4v) is 6.78. The summed E-state index contributed by atoms with van der Waals surface area (Å²) in [4.78, 5) is 20.1. The fraction of sp³-hybridized carbons (Fsp3) is 0.647. The van der Waals surface area contributed by atoms with Crippen LogP contribution in [0.4, 0.5) is 0 Å². The Hall–Kier alpha value is -1.34. The number of rotatable bonds is 4. The van der Waals surface area contributed by atoms with Gasteiger partial charge in [-0.3, -0.25) is 4.79 Å².